The molecule has 1 aliphatic carbocycles. The van der Waals surface area contributed by atoms with Crippen molar-refractivity contribution >= 4 is 21.6 Å². The molecule has 2 aromatic carbocycles. The van der Waals surface area contributed by atoms with Crippen molar-refractivity contribution in [1.82, 2.24) is 10.3 Å². The number of sulfonamides is 1. The van der Waals surface area contributed by atoms with Gasteiger partial charge in [0, 0.05) is 18.3 Å². The van der Waals surface area contributed by atoms with E-state index in [1.807, 2.05) is 38.1 Å². The van der Waals surface area contributed by atoms with Crippen molar-refractivity contribution in [2.45, 2.75) is 58.4 Å². The number of nitrogens with one attached hydrogen (secondary N) is 2. The summed E-state index contributed by atoms with van der Waals surface area (Å²) in [5.41, 5.74) is 7.07. The van der Waals surface area contributed by atoms with Gasteiger partial charge in [0.15, 0.2) is 0 Å². The van der Waals surface area contributed by atoms with Gasteiger partial charge in [0.05, 0.1) is 18.0 Å². The Hall–Kier alpha value is -3.19. The molecular formula is C29H35N3O3S. The topological polar surface area (TPSA) is 88.2 Å². The molecule has 1 heterocycles. The van der Waals surface area contributed by atoms with Gasteiger partial charge in [-0.1, -0.05) is 51.1 Å². The summed E-state index contributed by atoms with van der Waals surface area (Å²) in [5, 5.41) is 3.16. The van der Waals surface area contributed by atoms with Crippen LogP contribution in [-0.4, -0.2) is 25.6 Å². The highest BCUT2D eigenvalue weighted by Gasteiger charge is 2.45. The highest BCUT2D eigenvalue weighted by Crippen LogP contribution is 2.51. The zero-order chi connectivity index (χ0) is 26.3. The molecule has 6 nitrogen and oxygen atoms in total. The van der Waals surface area contributed by atoms with Gasteiger partial charge in [0.25, 0.3) is 0 Å². The SMILES string of the molecule is Cc1cc([C@@H](C)NC(=O)C2CC2c2ccc(C(C)(C)C)cc2-c2ccncc2)ccc1NS(C)(=O)=O. The Morgan fingerprint density at radius 1 is 1.06 bits per heavy atom. The summed E-state index contributed by atoms with van der Waals surface area (Å²) in [6, 6.07) is 16.0. The first-order valence-electron chi connectivity index (χ1n) is 12.3. The van der Waals surface area contributed by atoms with Crippen molar-refractivity contribution < 1.29 is 13.2 Å². The van der Waals surface area contributed by atoms with E-state index in [0.717, 1.165) is 29.4 Å². The second-order valence-electron chi connectivity index (χ2n) is 10.9. The molecule has 190 valence electrons. The van der Waals surface area contributed by atoms with Crippen LogP contribution < -0.4 is 10.0 Å². The minimum atomic E-state index is -3.35. The molecule has 2 N–H and O–H groups in total. The van der Waals surface area contributed by atoms with Gasteiger partial charge in [-0.3, -0.25) is 14.5 Å². The number of pyridine rings is 1. The van der Waals surface area contributed by atoms with Gasteiger partial charge in [-0.15, -0.1) is 0 Å². The number of nitrogens with zero attached hydrogens (tertiary/aromatic N) is 1. The predicted molar refractivity (Wildman–Crippen MR) is 145 cm³/mol. The lowest BCUT2D eigenvalue weighted by Gasteiger charge is -2.22. The van der Waals surface area contributed by atoms with E-state index < -0.39 is 10.0 Å². The molecule has 0 aliphatic heterocycles. The monoisotopic (exact) mass is 505 g/mol. The van der Waals surface area contributed by atoms with Crippen LogP contribution in [0.1, 0.15) is 68.3 Å². The fourth-order valence-electron chi connectivity index (χ4n) is 4.63. The number of carbonyl (C=O) groups excluding carboxylic acids is 1. The number of carbonyl (C=O) groups is 1. The highest BCUT2D eigenvalue weighted by molar-refractivity contribution is 7.92. The van der Waals surface area contributed by atoms with E-state index in [4.69, 9.17) is 0 Å². The van der Waals surface area contributed by atoms with E-state index in [2.05, 4.69) is 54.0 Å². The van der Waals surface area contributed by atoms with Crippen molar-refractivity contribution in [2.24, 2.45) is 5.92 Å². The van der Waals surface area contributed by atoms with Crippen LogP contribution in [0.15, 0.2) is 60.9 Å². The van der Waals surface area contributed by atoms with Crippen LogP contribution in [0.3, 0.4) is 0 Å². The quantitative estimate of drug-likeness (QED) is 0.431. The molecule has 7 heteroatoms. The van der Waals surface area contributed by atoms with Crippen molar-refractivity contribution in [1.29, 1.82) is 0 Å². The Labute approximate surface area is 214 Å². The third kappa shape index (κ3) is 5.95. The minimum Gasteiger partial charge on any atom is -0.349 e. The number of amides is 1. The molecule has 1 aromatic heterocycles. The van der Waals surface area contributed by atoms with Crippen LogP contribution in [0, 0.1) is 12.8 Å². The van der Waals surface area contributed by atoms with Gasteiger partial charge in [-0.25, -0.2) is 8.42 Å². The summed E-state index contributed by atoms with van der Waals surface area (Å²) in [6.45, 7) is 10.4. The van der Waals surface area contributed by atoms with Crippen molar-refractivity contribution in [3.8, 4) is 11.1 Å². The number of aromatic nitrogens is 1. The fraction of sp³-hybridized carbons (Fsp3) is 0.379. The molecule has 1 fully saturated rings. The number of aryl methyl sites for hydroxylation is 1. The van der Waals surface area contributed by atoms with Crippen LogP contribution in [-0.2, 0) is 20.2 Å². The third-order valence-electron chi connectivity index (χ3n) is 6.84. The predicted octanol–water partition coefficient (Wildman–Crippen LogP) is 5.71. The highest BCUT2D eigenvalue weighted by atomic mass is 32.2. The number of hydrogen-bond acceptors (Lipinski definition) is 4. The van der Waals surface area contributed by atoms with E-state index in [1.54, 1.807) is 18.5 Å². The largest absolute Gasteiger partial charge is 0.349 e. The van der Waals surface area contributed by atoms with Crippen LogP contribution in [0.25, 0.3) is 11.1 Å². The van der Waals surface area contributed by atoms with Gasteiger partial charge in [0.2, 0.25) is 15.9 Å². The van der Waals surface area contributed by atoms with Gasteiger partial charge in [-0.05, 0) is 83.2 Å². The fourth-order valence-corrected chi connectivity index (χ4v) is 5.26. The van der Waals surface area contributed by atoms with Crippen molar-refractivity contribution in [3.05, 3.63) is 83.2 Å². The van der Waals surface area contributed by atoms with Gasteiger partial charge < -0.3 is 5.32 Å². The summed E-state index contributed by atoms with van der Waals surface area (Å²) in [6.07, 6.45) is 5.56. The second-order valence-corrected chi connectivity index (χ2v) is 12.7. The maximum absolute atomic E-state index is 13.2. The summed E-state index contributed by atoms with van der Waals surface area (Å²) >= 11 is 0. The first-order chi connectivity index (χ1) is 16.8. The molecule has 0 saturated heterocycles. The van der Waals surface area contributed by atoms with Gasteiger partial charge in [0.1, 0.15) is 0 Å². The van der Waals surface area contributed by atoms with Crippen LogP contribution in [0.4, 0.5) is 5.69 Å². The lowest BCUT2D eigenvalue weighted by atomic mass is 9.83. The Kier molecular flexibility index (Phi) is 6.97. The average molecular weight is 506 g/mol. The Morgan fingerprint density at radius 3 is 2.36 bits per heavy atom. The van der Waals surface area contributed by atoms with Crippen molar-refractivity contribution in [2.75, 3.05) is 11.0 Å². The number of anilines is 1. The first kappa shape index (κ1) is 25.9. The molecule has 0 spiro atoms. The molecule has 2 unspecified atom stereocenters. The maximum atomic E-state index is 13.2. The zero-order valence-corrected chi connectivity index (χ0v) is 22.6. The summed E-state index contributed by atoms with van der Waals surface area (Å²) in [4.78, 5) is 17.3. The van der Waals surface area contributed by atoms with Gasteiger partial charge in [-0.2, -0.15) is 0 Å². The molecule has 36 heavy (non-hydrogen) atoms. The molecular weight excluding hydrogens is 470 g/mol. The molecule has 3 atom stereocenters. The Morgan fingerprint density at radius 2 is 1.75 bits per heavy atom. The Bertz CT molecular complexity index is 1380. The van der Waals surface area contributed by atoms with Crippen LogP contribution in [0.2, 0.25) is 0 Å². The molecule has 0 bridgehead atoms. The van der Waals surface area contributed by atoms with E-state index in [9.17, 15) is 13.2 Å². The molecule has 1 saturated carbocycles. The second kappa shape index (κ2) is 9.69. The standard InChI is InChI=1S/C29H35N3O3S/c1-18-15-21(7-10-27(18)32-36(6,34)35)19(2)31-28(33)26-17-25(26)23-9-8-22(29(3,4)5)16-24(23)20-11-13-30-14-12-20/h7-16,19,25-26,32H,17H2,1-6H3,(H,31,33)/t19-,25?,26?/m1/s1. The molecule has 1 aliphatic rings. The average Bonchev–Trinajstić information content (AvgIpc) is 3.60. The first-order valence-corrected chi connectivity index (χ1v) is 14.2. The summed E-state index contributed by atoms with van der Waals surface area (Å²) in [7, 11) is -3.35. The smallest absolute Gasteiger partial charge is 0.229 e. The summed E-state index contributed by atoms with van der Waals surface area (Å²) < 4.78 is 25.6. The van der Waals surface area contributed by atoms with Gasteiger partial charge >= 0.3 is 0 Å². The summed E-state index contributed by atoms with van der Waals surface area (Å²) in [5.74, 6) is 0.155. The number of hydrogen-bond donors (Lipinski definition) is 2. The van der Waals surface area contributed by atoms with E-state index in [-0.39, 0.29) is 29.2 Å². The number of benzene rings is 2. The lowest BCUT2D eigenvalue weighted by Crippen LogP contribution is -2.28. The van der Waals surface area contributed by atoms with E-state index in [0.29, 0.717) is 5.69 Å². The normalized spacial score (nSPS) is 18.4. The minimum absolute atomic E-state index is 0.0284. The zero-order valence-electron chi connectivity index (χ0n) is 21.8. The lowest BCUT2D eigenvalue weighted by molar-refractivity contribution is -0.123. The molecule has 0 radical (unpaired) electrons. The molecule has 3 aromatic rings. The Balaban J connectivity index is 1.50. The number of rotatable bonds is 7. The van der Waals surface area contributed by atoms with Crippen LogP contribution in [0.5, 0.6) is 0 Å². The van der Waals surface area contributed by atoms with E-state index in [1.165, 1.54) is 16.7 Å². The van der Waals surface area contributed by atoms with E-state index >= 15 is 0 Å². The van der Waals surface area contributed by atoms with Crippen molar-refractivity contribution in [3.63, 3.8) is 0 Å². The third-order valence-corrected chi connectivity index (χ3v) is 7.43. The molecule has 1 amide bonds. The van der Waals surface area contributed by atoms with Crippen LogP contribution >= 0.6 is 0 Å². The maximum Gasteiger partial charge on any atom is 0.229 e. The molecule has 4 rings (SSSR count).